The second kappa shape index (κ2) is 9.84. The third kappa shape index (κ3) is 5.04. The van der Waals surface area contributed by atoms with Gasteiger partial charge in [-0.3, -0.25) is 19.8 Å². The molecule has 0 radical (unpaired) electrons. The normalized spacial score (nSPS) is 15.2. The summed E-state index contributed by atoms with van der Waals surface area (Å²) >= 11 is 0. The van der Waals surface area contributed by atoms with Crippen molar-refractivity contribution >= 4 is 11.6 Å². The Balaban J connectivity index is 1.52. The topological polar surface area (TPSA) is 115 Å². The SMILES string of the molecule is Cc1c(C(=O)NCC(c2cccc(F)c2)N2CCOCC2)nnn1-c1cccc([N+](=O)[O-])c1. The summed E-state index contributed by atoms with van der Waals surface area (Å²) in [5, 5.41) is 21.9. The molecule has 2 heterocycles. The highest BCUT2D eigenvalue weighted by Gasteiger charge is 2.25. The first-order chi connectivity index (χ1) is 15.9. The van der Waals surface area contributed by atoms with Crippen LogP contribution in [0.4, 0.5) is 10.1 Å². The Bertz CT molecular complexity index is 1160. The van der Waals surface area contributed by atoms with Gasteiger partial charge in [0.2, 0.25) is 0 Å². The van der Waals surface area contributed by atoms with E-state index in [-0.39, 0.29) is 29.8 Å². The quantitative estimate of drug-likeness (QED) is 0.431. The van der Waals surface area contributed by atoms with Crippen molar-refractivity contribution in [1.29, 1.82) is 0 Å². The summed E-state index contributed by atoms with van der Waals surface area (Å²) in [6.07, 6.45) is 0. The van der Waals surface area contributed by atoms with Crippen LogP contribution in [0.5, 0.6) is 0 Å². The second-order valence-corrected chi connectivity index (χ2v) is 7.64. The van der Waals surface area contributed by atoms with Gasteiger partial charge in [-0.2, -0.15) is 0 Å². The molecule has 1 aromatic heterocycles. The van der Waals surface area contributed by atoms with Crippen molar-refractivity contribution in [1.82, 2.24) is 25.2 Å². The van der Waals surface area contributed by atoms with E-state index < -0.39 is 10.8 Å². The zero-order chi connectivity index (χ0) is 23.4. The van der Waals surface area contributed by atoms with E-state index in [9.17, 15) is 19.3 Å². The van der Waals surface area contributed by atoms with Crippen LogP contribution in [-0.4, -0.2) is 63.6 Å². The van der Waals surface area contributed by atoms with Crippen LogP contribution in [0, 0.1) is 22.9 Å². The number of carbonyl (C=O) groups is 1. The third-order valence-corrected chi connectivity index (χ3v) is 5.57. The maximum Gasteiger partial charge on any atom is 0.273 e. The summed E-state index contributed by atoms with van der Waals surface area (Å²) in [6.45, 7) is 4.37. The molecule has 1 saturated heterocycles. The van der Waals surface area contributed by atoms with E-state index in [1.807, 2.05) is 6.07 Å². The van der Waals surface area contributed by atoms with Gasteiger partial charge in [-0.05, 0) is 30.7 Å². The number of nitro groups is 1. The molecule has 1 aliphatic heterocycles. The zero-order valence-electron chi connectivity index (χ0n) is 18.0. The number of benzene rings is 2. The summed E-state index contributed by atoms with van der Waals surface area (Å²) in [5.41, 5.74) is 1.66. The monoisotopic (exact) mass is 454 g/mol. The predicted octanol–water partition coefficient (Wildman–Crippen LogP) is 2.43. The van der Waals surface area contributed by atoms with Crippen LogP contribution in [0.25, 0.3) is 5.69 Å². The first kappa shape index (κ1) is 22.5. The molecule has 10 nitrogen and oxygen atoms in total. The van der Waals surface area contributed by atoms with Crippen LogP contribution in [0.1, 0.15) is 27.8 Å². The average Bonchev–Trinajstić information content (AvgIpc) is 3.21. The fraction of sp³-hybridized carbons (Fsp3) is 0.318. The van der Waals surface area contributed by atoms with E-state index in [4.69, 9.17) is 4.74 Å². The first-order valence-corrected chi connectivity index (χ1v) is 10.5. The molecule has 11 heteroatoms. The molecule has 1 N–H and O–H groups in total. The lowest BCUT2D eigenvalue weighted by Gasteiger charge is -2.34. The zero-order valence-corrected chi connectivity index (χ0v) is 18.0. The number of halogens is 1. The number of hydrogen-bond acceptors (Lipinski definition) is 7. The molecular formula is C22H23FN6O4. The molecule has 1 amide bonds. The molecule has 172 valence electrons. The maximum absolute atomic E-state index is 13.9. The highest BCUT2D eigenvalue weighted by atomic mass is 19.1. The van der Waals surface area contributed by atoms with E-state index in [0.717, 1.165) is 5.56 Å². The molecule has 0 saturated carbocycles. The molecule has 0 spiro atoms. The van der Waals surface area contributed by atoms with Crippen molar-refractivity contribution in [3.05, 3.63) is 81.4 Å². The molecule has 33 heavy (non-hydrogen) atoms. The standard InChI is InChI=1S/C22H23FN6O4/c1-15-21(25-26-28(15)18-6-3-7-19(13-18)29(31)32)22(30)24-14-20(27-8-10-33-11-9-27)16-4-2-5-17(23)12-16/h2-7,12-13,20H,8-11,14H2,1H3,(H,24,30). The van der Waals surface area contributed by atoms with Crippen LogP contribution >= 0.6 is 0 Å². The lowest BCUT2D eigenvalue weighted by molar-refractivity contribution is -0.384. The molecule has 1 fully saturated rings. The van der Waals surface area contributed by atoms with Crippen molar-refractivity contribution in [2.45, 2.75) is 13.0 Å². The van der Waals surface area contributed by atoms with Gasteiger partial charge in [0.25, 0.3) is 11.6 Å². The maximum atomic E-state index is 13.9. The Kier molecular flexibility index (Phi) is 6.71. The number of carbonyl (C=O) groups excluding carboxylic acids is 1. The molecular weight excluding hydrogens is 431 g/mol. The van der Waals surface area contributed by atoms with Crippen molar-refractivity contribution in [2.24, 2.45) is 0 Å². The Morgan fingerprint density at radius 2 is 2.00 bits per heavy atom. The van der Waals surface area contributed by atoms with E-state index >= 15 is 0 Å². The highest BCUT2D eigenvalue weighted by Crippen LogP contribution is 2.23. The minimum Gasteiger partial charge on any atom is -0.379 e. The number of rotatable bonds is 7. The van der Waals surface area contributed by atoms with E-state index in [0.29, 0.717) is 37.7 Å². The van der Waals surface area contributed by atoms with Gasteiger partial charge in [-0.15, -0.1) is 5.10 Å². The lowest BCUT2D eigenvalue weighted by Crippen LogP contribution is -2.44. The number of amides is 1. The van der Waals surface area contributed by atoms with Crippen molar-refractivity contribution in [3.8, 4) is 5.69 Å². The third-order valence-electron chi connectivity index (χ3n) is 5.57. The van der Waals surface area contributed by atoms with Crippen LogP contribution in [0.3, 0.4) is 0 Å². The minimum atomic E-state index is -0.498. The number of nitrogens with zero attached hydrogens (tertiary/aromatic N) is 5. The smallest absolute Gasteiger partial charge is 0.273 e. The summed E-state index contributed by atoms with van der Waals surface area (Å²) in [5.74, 6) is -0.772. The summed E-state index contributed by atoms with van der Waals surface area (Å²) < 4.78 is 20.7. The van der Waals surface area contributed by atoms with Gasteiger partial charge >= 0.3 is 0 Å². The van der Waals surface area contributed by atoms with Gasteiger partial charge in [0.05, 0.1) is 35.6 Å². The van der Waals surface area contributed by atoms with E-state index in [1.165, 1.54) is 28.9 Å². The highest BCUT2D eigenvalue weighted by molar-refractivity contribution is 5.93. The number of morpholine rings is 1. The Morgan fingerprint density at radius 3 is 2.73 bits per heavy atom. The van der Waals surface area contributed by atoms with Crippen molar-refractivity contribution < 1.29 is 18.8 Å². The Hall–Kier alpha value is -3.70. The molecule has 2 aromatic carbocycles. The molecule has 0 bridgehead atoms. The van der Waals surface area contributed by atoms with Crippen molar-refractivity contribution in [2.75, 3.05) is 32.8 Å². The second-order valence-electron chi connectivity index (χ2n) is 7.64. The Morgan fingerprint density at radius 1 is 1.24 bits per heavy atom. The van der Waals surface area contributed by atoms with Gasteiger partial charge in [0.1, 0.15) is 5.82 Å². The fourth-order valence-corrected chi connectivity index (χ4v) is 3.86. The number of nitro benzene ring substituents is 1. The van der Waals surface area contributed by atoms with Crippen LogP contribution < -0.4 is 5.32 Å². The van der Waals surface area contributed by atoms with Crippen LogP contribution in [0.15, 0.2) is 48.5 Å². The van der Waals surface area contributed by atoms with Gasteiger partial charge < -0.3 is 10.1 Å². The van der Waals surface area contributed by atoms with Crippen LogP contribution in [-0.2, 0) is 4.74 Å². The minimum absolute atomic E-state index is 0.0863. The van der Waals surface area contributed by atoms with Gasteiger partial charge in [-0.25, -0.2) is 9.07 Å². The molecule has 1 unspecified atom stereocenters. The molecule has 3 aromatic rings. The van der Waals surface area contributed by atoms with Crippen LogP contribution in [0.2, 0.25) is 0 Å². The Labute approximate surface area is 189 Å². The van der Waals surface area contributed by atoms with E-state index in [1.54, 1.807) is 25.1 Å². The number of hydrogen-bond donors (Lipinski definition) is 1. The van der Waals surface area contributed by atoms with E-state index in [2.05, 4.69) is 20.5 Å². The first-order valence-electron chi connectivity index (χ1n) is 10.5. The predicted molar refractivity (Wildman–Crippen MR) is 117 cm³/mol. The largest absolute Gasteiger partial charge is 0.379 e. The lowest BCUT2D eigenvalue weighted by atomic mass is 10.0. The summed E-state index contributed by atoms with van der Waals surface area (Å²) in [7, 11) is 0. The summed E-state index contributed by atoms with van der Waals surface area (Å²) in [6, 6.07) is 12.0. The molecule has 0 aliphatic carbocycles. The molecule has 1 aliphatic rings. The van der Waals surface area contributed by atoms with Gasteiger partial charge in [-0.1, -0.05) is 23.4 Å². The van der Waals surface area contributed by atoms with Gasteiger partial charge in [0.15, 0.2) is 5.69 Å². The van der Waals surface area contributed by atoms with Crippen molar-refractivity contribution in [3.63, 3.8) is 0 Å². The average molecular weight is 454 g/mol. The molecule has 4 rings (SSSR count). The fourth-order valence-electron chi connectivity index (χ4n) is 3.86. The molecule has 1 atom stereocenters. The number of aromatic nitrogens is 3. The van der Waals surface area contributed by atoms with Gasteiger partial charge in [0, 0.05) is 31.8 Å². The summed E-state index contributed by atoms with van der Waals surface area (Å²) in [4.78, 5) is 25.6. The number of ether oxygens (including phenoxy) is 1. The number of nitrogens with one attached hydrogen (secondary N) is 1. The number of non-ortho nitro benzene ring substituents is 1.